The lowest BCUT2D eigenvalue weighted by atomic mass is 9.96. The summed E-state index contributed by atoms with van der Waals surface area (Å²) < 4.78 is 7.83. The van der Waals surface area contributed by atoms with Crippen LogP contribution in [0.2, 0.25) is 10.0 Å². The molecular weight excluding hydrogens is 577 g/mol. The van der Waals surface area contributed by atoms with E-state index in [1.54, 1.807) is 13.3 Å². The highest BCUT2D eigenvalue weighted by atomic mass is 35.5. The molecule has 0 aliphatic carbocycles. The Morgan fingerprint density at radius 1 is 1.10 bits per heavy atom. The number of pyridine rings is 1. The number of benzene rings is 2. The molecule has 41 heavy (non-hydrogen) atoms. The second kappa shape index (κ2) is 11.7. The van der Waals surface area contributed by atoms with Crippen molar-refractivity contribution < 1.29 is 9.53 Å². The first kappa shape index (κ1) is 28.9. The normalized spacial score (nSPS) is 16.7. The first-order chi connectivity index (χ1) is 19.6. The van der Waals surface area contributed by atoms with Crippen LogP contribution in [0, 0.1) is 19.8 Å². The minimum Gasteiger partial charge on any atom is -0.495 e. The van der Waals surface area contributed by atoms with Gasteiger partial charge in [0.15, 0.2) is 5.11 Å². The summed E-state index contributed by atoms with van der Waals surface area (Å²) in [6, 6.07) is 18.7. The largest absolute Gasteiger partial charge is 0.495 e. The van der Waals surface area contributed by atoms with Crippen molar-refractivity contribution in [1.82, 2.24) is 14.9 Å². The van der Waals surface area contributed by atoms with E-state index in [1.807, 2.05) is 68.4 Å². The van der Waals surface area contributed by atoms with Gasteiger partial charge in [-0.15, -0.1) is 0 Å². The number of anilines is 2. The van der Waals surface area contributed by atoms with Gasteiger partial charge >= 0.3 is 0 Å². The number of methoxy groups -OCH3 is 1. The summed E-state index contributed by atoms with van der Waals surface area (Å²) in [4.78, 5) is 19.0. The van der Waals surface area contributed by atoms with Crippen LogP contribution < -0.4 is 20.3 Å². The van der Waals surface area contributed by atoms with Gasteiger partial charge in [0.2, 0.25) is 5.91 Å². The van der Waals surface area contributed by atoms with Gasteiger partial charge in [-0.2, -0.15) is 0 Å². The Labute approximate surface area is 255 Å². The fraction of sp³-hybridized carbons (Fsp3) is 0.258. The predicted octanol–water partition coefficient (Wildman–Crippen LogP) is 7.58. The summed E-state index contributed by atoms with van der Waals surface area (Å²) in [5, 5.41) is 7.99. The number of rotatable bonds is 7. The number of carbonyl (C=O) groups excluding carboxylic acids is 1. The molecule has 2 atom stereocenters. The second-order valence-corrected chi connectivity index (χ2v) is 11.5. The van der Waals surface area contributed by atoms with Gasteiger partial charge in [-0.3, -0.25) is 9.78 Å². The lowest BCUT2D eigenvalue weighted by molar-refractivity contribution is -0.118. The van der Waals surface area contributed by atoms with E-state index in [2.05, 4.69) is 45.0 Å². The Kier molecular flexibility index (Phi) is 8.27. The first-order valence-corrected chi connectivity index (χ1v) is 14.4. The zero-order valence-electron chi connectivity index (χ0n) is 23.4. The molecule has 212 valence electrons. The Morgan fingerprint density at radius 3 is 2.54 bits per heavy atom. The Hall–Kier alpha value is -3.59. The Morgan fingerprint density at radius 2 is 1.88 bits per heavy atom. The number of aromatic nitrogens is 2. The van der Waals surface area contributed by atoms with E-state index in [-0.39, 0.29) is 23.9 Å². The van der Waals surface area contributed by atoms with Crippen molar-refractivity contribution in [3.8, 4) is 11.4 Å². The van der Waals surface area contributed by atoms with Crippen LogP contribution in [0.5, 0.6) is 5.75 Å². The van der Waals surface area contributed by atoms with Crippen LogP contribution in [-0.2, 0) is 4.79 Å². The zero-order valence-corrected chi connectivity index (χ0v) is 25.7. The fourth-order valence-electron chi connectivity index (χ4n) is 5.28. The molecule has 2 N–H and O–H groups in total. The number of thiocarbonyl (C=S) groups is 1. The standard InChI is InChI=1S/C31H31Cl2N5O2S/c1-17(2)30(39)35-24-11-10-21(16-23(24)33)38-29(28(36-31(38)41)25-8-6-7-13-34-25)22-14-18(3)37(19(22)4)26-15-20(32)9-12-27(26)40-5/h6-17,28-29H,1-5H3,(H,35,39)(H,36,41). The average Bonchev–Trinajstić information content (AvgIpc) is 3.44. The van der Waals surface area contributed by atoms with E-state index in [4.69, 9.17) is 40.2 Å². The van der Waals surface area contributed by atoms with Crippen molar-refractivity contribution in [3.05, 3.63) is 99.6 Å². The summed E-state index contributed by atoms with van der Waals surface area (Å²) in [5.74, 6) is 0.444. The van der Waals surface area contributed by atoms with Crippen LogP contribution in [0.4, 0.5) is 11.4 Å². The third-order valence-corrected chi connectivity index (χ3v) is 8.14. The smallest absolute Gasteiger partial charge is 0.226 e. The molecule has 2 aromatic heterocycles. The Balaban J connectivity index is 1.64. The van der Waals surface area contributed by atoms with Crippen LogP contribution in [0.15, 0.2) is 66.9 Å². The quantitative estimate of drug-likeness (QED) is 0.211. The van der Waals surface area contributed by atoms with Crippen molar-refractivity contribution in [3.63, 3.8) is 0 Å². The molecule has 0 radical (unpaired) electrons. The maximum absolute atomic E-state index is 12.3. The number of ether oxygens (including phenoxy) is 1. The van der Waals surface area contributed by atoms with Crippen LogP contribution in [0.25, 0.3) is 5.69 Å². The summed E-state index contributed by atoms with van der Waals surface area (Å²) >= 11 is 19.0. The minimum atomic E-state index is -0.255. The van der Waals surface area contributed by atoms with Gasteiger partial charge in [0.1, 0.15) is 5.75 Å². The third kappa shape index (κ3) is 5.52. The molecule has 0 bridgehead atoms. The molecule has 7 nitrogen and oxygen atoms in total. The zero-order chi connectivity index (χ0) is 29.4. The van der Waals surface area contributed by atoms with Crippen LogP contribution in [-0.4, -0.2) is 27.7 Å². The monoisotopic (exact) mass is 607 g/mol. The van der Waals surface area contributed by atoms with Gasteiger partial charge in [0.25, 0.3) is 0 Å². The van der Waals surface area contributed by atoms with Crippen molar-refractivity contribution in [2.24, 2.45) is 5.92 Å². The van der Waals surface area contributed by atoms with Gasteiger partial charge < -0.3 is 24.8 Å². The molecule has 0 spiro atoms. The minimum absolute atomic E-state index is 0.102. The molecule has 3 heterocycles. The van der Waals surface area contributed by atoms with Crippen molar-refractivity contribution in [2.45, 2.75) is 39.8 Å². The van der Waals surface area contributed by atoms with Gasteiger partial charge in [-0.1, -0.05) is 43.1 Å². The number of halogens is 2. The number of hydrogen-bond acceptors (Lipinski definition) is 4. The van der Waals surface area contributed by atoms with Crippen molar-refractivity contribution >= 4 is 57.8 Å². The molecule has 1 aliphatic heterocycles. The van der Waals surface area contributed by atoms with E-state index >= 15 is 0 Å². The molecule has 1 aliphatic rings. The van der Waals surface area contributed by atoms with Gasteiger partial charge in [-0.05, 0) is 86.2 Å². The molecule has 10 heteroatoms. The molecule has 0 saturated carbocycles. The number of hydrogen-bond donors (Lipinski definition) is 2. The molecule has 2 unspecified atom stereocenters. The topological polar surface area (TPSA) is 71.4 Å². The number of nitrogens with one attached hydrogen (secondary N) is 2. The maximum Gasteiger partial charge on any atom is 0.226 e. The van der Waals surface area contributed by atoms with E-state index in [0.29, 0.717) is 26.6 Å². The molecule has 2 aromatic carbocycles. The highest BCUT2D eigenvalue weighted by molar-refractivity contribution is 7.80. The van der Waals surface area contributed by atoms with Crippen molar-refractivity contribution in [2.75, 3.05) is 17.3 Å². The summed E-state index contributed by atoms with van der Waals surface area (Å²) in [7, 11) is 1.65. The van der Waals surface area contributed by atoms with Gasteiger partial charge in [-0.25, -0.2) is 0 Å². The highest BCUT2D eigenvalue weighted by Crippen LogP contribution is 2.45. The van der Waals surface area contributed by atoms with E-state index in [0.717, 1.165) is 34.0 Å². The Bertz CT molecular complexity index is 1620. The highest BCUT2D eigenvalue weighted by Gasteiger charge is 2.42. The summed E-state index contributed by atoms with van der Waals surface area (Å²) in [6.07, 6.45) is 1.78. The molecule has 1 fully saturated rings. The van der Waals surface area contributed by atoms with Crippen molar-refractivity contribution in [1.29, 1.82) is 0 Å². The summed E-state index contributed by atoms with van der Waals surface area (Å²) in [5.41, 5.74) is 6.14. The molecule has 4 aromatic rings. The van der Waals surface area contributed by atoms with E-state index in [9.17, 15) is 4.79 Å². The van der Waals surface area contributed by atoms with Gasteiger partial charge in [0, 0.05) is 34.2 Å². The lowest BCUT2D eigenvalue weighted by Crippen LogP contribution is -2.29. The van der Waals surface area contributed by atoms with Gasteiger partial charge in [0.05, 0.1) is 41.3 Å². The summed E-state index contributed by atoms with van der Waals surface area (Å²) in [6.45, 7) is 7.81. The maximum atomic E-state index is 12.3. The van der Waals surface area contributed by atoms with E-state index < -0.39 is 0 Å². The van der Waals surface area contributed by atoms with Crippen LogP contribution in [0.3, 0.4) is 0 Å². The molecular formula is C31H31Cl2N5O2S. The third-order valence-electron chi connectivity index (χ3n) is 7.28. The predicted molar refractivity (Wildman–Crippen MR) is 170 cm³/mol. The van der Waals surface area contributed by atoms with Crippen LogP contribution in [0.1, 0.15) is 48.6 Å². The number of amides is 1. The SMILES string of the molecule is COc1ccc(Cl)cc1-n1c(C)cc(C2C(c3ccccn3)NC(=S)N2c2ccc(NC(=O)C(C)C)c(Cl)c2)c1C. The first-order valence-electron chi connectivity index (χ1n) is 13.2. The second-order valence-electron chi connectivity index (χ2n) is 10.3. The fourth-order valence-corrected chi connectivity index (χ4v) is 6.01. The average molecular weight is 609 g/mol. The molecule has 5 rings (SSSR count). The van der Waals surface area contributed by atoms with Crippen LogP contribution >= 0.6 is 35.4 Å². The number of nitrogens with zero attached hydrogens (tertiary/aromatic N) is 3. The molecule has 1 saturated heterocycles. The number of carbonyl (C=O) groups is 1. The molecule has 1 amide bonds. The lowest BCUT2D eigenvalue weighted by Gasteiger charge is -2.28. The van der Waals surface area contributed by atoms with E-state index in [1.165, 1.54) is 0 Å². The number of aryl methyl sites for hydroxylation is 1.